The topological polar surface area (TPSA) is 57.5 Å². The lowest BCUT2D eigenvalue weighted by Gasteiger charge is -1.83. The number of aromatic amines is 1. The Hall–Kier alpha value is -1.23. The fourth-order valence-electron chi connectivity index (χ4n) is 0.797. The molecule has 0 saturated heterocycles. The zero-order valence-corrected chi connectivity index (χ0v) is 5.68. The number of fused-ring (bicyclic) bond motifs is 1. The first-order chi connectivity index (χ1) is 4.77. The highest BCUT2D eigenvalue weighted by atomic mass is 32.1. The summed E-state index contributed by atoms with van der Waals surface area (Å²) >= 11 is 1.32. The molecule has 2 heterocycles. The molecule has 0 atom stereocenters. The van der Waals surface area contributed by atoms with E-state index in [1.54, 1.807) is 5.38 Å². The maximum absolute atomic E-state index is 10.6. The van der Waals surface area contributed by atoms with Crippen molar-refractivity contribution in [1.82, 2.24) is 9.61 Å². The molecule has 0 bridgehead atoms. The maximum Gasteiger partial charge on any atom is 0.265 e. The van der Waals surface area contributed by atoms with Gasteiger partial charge in [0.15, 0.2) is 0 Å². The van der Waals surface area contributed by atoms with E-state index < -0.39 is 0 Å². The number of hydrogen-bond donors (Lipinski definition) is 2. The Morgan fingerprint density at radius 3 is 3.20 bits per heavy atom. The van der Waals surface area contributed by atoms with Crippen LogP contribution in [0, 0.1) is 0 Å². The number of thiazole rings is 1. The molecule has 0 aliphatic heterocycles. The van der Waals surface area contributed by atoms with Crippen molar-refractivity contribution in [3.63, 3.8) is 0 Å². The molecule has 0 radical (unpaired) electrons. The Morgan fingerprint density at radius 1 is 1.70 bits per heavy atom. The zero-order valence-electron chi connectivity index (χ0n) is 4.87. The van der Waals surface area contributed by atoms with Gasteiger partial charge in [-0.05, 0) is 0 Å². The molecule has 0 spiro atoms. The lowest BCUT2D eigenvalue weighted by molar-refractivity contribution is 0.440. The zero-order chi connectivity index (χ0) is 7.14. The van der Waals surface area contributed by atoms with E-state index in [0.29, 0.717) is 0 Å². The summed E-state index contributed by atoms with van der Waals surface area (Å²) in [6, 6.07) is 1.43. The smallest absolute Gasteiger partial charge is 0.265 e. The highest BCUT2D eigenvalue weighted by Gasteiger charge is 2.01. The largest absolute Gasteiger partial charge is 0.493 e. The average Bonchev–Trinajstić information content (AvgIpc) is 2.35. The van der Waals surface area contributed by atoms with Crippen LogP contribution < -0.4 is 5.56 Å². The SMILES string of the molecule is O=c1cc2scc(O)n2[nH]1. The van der Waals surface area contributed by atoms with Crippen LogP contribution in [-0.4, -0.2) is 14.7 Å². The summed E-state index contributed by atoms with van der Waals surface area (Å²) in [5.41, 5.74) is -0.192. The molecule has 2 N–H and O–H groups in total. The molecule has 0 saturated carbocycles. The number of nitrogens with zero attached hydrogens (tertiary/aromatic N) is 1. The van der Waals surface area contributed by atoms with Crippen molar-refractivity contribution >= 4 is 16.2 Å². The van der Waals surface area contributed by atoms with Crippen molar-refractivity contribution in [2.75, 3.05) is 0 Å². The van der Waals surface area contributed by atoms with Gasteiger partial charge in [-0.25, -0.2) is 4.52 Å². The molecule has 0 aliphatic carbocycles. The normalized spacial score (nSPS) is 10.8. The molecule has 2 aromatic heterocycles. The van der Waals surface area contributed by atoms with Crippen molar-refractivity contribution in [2.45, 2.75) is 0 Å². The van der Waals surface area contributed by atoms with Gasteiger partial charge in [0.2, 0.25) is 5.88 Å². The second-order valence-corrected chi connectivity index (χ2v) is 2.78. The van der Waals surface area contributed by atoms with E-state index in [9.17, 15) is 4.79 Å². The standard InChI is InChI=1S/C5H4N2O2S/c8-3-1-5-7(6-3)4(9)2-10-5/h1-2,9H,(H,6,8). The highest BCUT2D eigenvalue weighted by molar-refractivity contribution is 7.15. The van der Waals surface area contributed by atoms with Crippen LogP contribution in [0.4, 0.5) is 0 Å². The van der Waals surface area contributed by atoms with Crippen LogP contribution in [0.1, 0.15) is 0 Å². The molecule has 5 heteroatoms. The molecular weight excluding hydrogens is 152 g/mol. The minimum Gasteiger partial charge on any atom is -0.493 e. The van der Waals surface area contributed by atoms with E-state index >= 15 is 0 Å². The quantitative estimate of drug-likeness (QED) is 0.579. The van der Waals surface area contributed by atoms with Crippen LogP contribution in [0.5, 0.6) is 5.88 Å². The number of aromatic nitrogens is 2. The van der Waals surface area contributed by atoms with E-state index in [2.05, 4.69) is 5.10 Å². The van der Waals surface area contributed by atoms with Crippen LogP contribution in [0.15, 0.2) is 16.2 Å². The molecular formula is C5H4N2O2S. The van der Waals surface area contributed by atoms with Gasteiger partial charge >= 0.3 is 0 Å². The van der Waals surface area contributed by atoms with Gasteiger partial charge in [-0.15, -0.1) is 11.3 Å². The van der Waals surface area contributed by atoms with Crippen molar-refractivity contribution in [1.29, 1.82) is 0 Å². The van der Waals surface area contributed by atoms with Crippen molar-refractivity contribution in [3.8, 4) is 5.88 Å². The fourth-order valence-corrected chi connectivity index (χ4v) is 1.55. The molecule has 0 aromatic carbocycles. The van der Waals surface area contributed by atoms with E-state index in [1.165, 1.54) is 21.9 Å². The van der Waals surface area contributed by atoms with E-state index in [1.807, 2.05) is 0 Å². The molecule has 4 nitrogen and oxygen atoms in total. The summed E-state index contributed by atoms with van der Waals surface area (Å²) in [4.78, 5) is 11.3. The van der Waals surface area contributed by atoms with Gasteiger partial charge in [-0.2, -0.15) is 0 Å². The lowest BCUT2D eigenvalue weighted by atomic mass is 10.7. The van der Waals surface area contributed by atoms with Crippen LogP contribution in [-0.2, 0) is 0 Å². The minimum atomic E-state index is -0.192. The van der Waals surface area contributed by atoms with Gasteiger partial charge in [0.25, 0.3) is 5.56 Å². The summed E-state index contributed by atoms with van der Waals surface area (Å²) in [7, 11) is 0. The Bertz CT molecular complexity index is 410. The summed E-state index contributed by atoms with van der Waals surface area (Å²) in [6.07, 6.45) is 0. The van der Waals surface area contributed by atoms with Gasteiger partial charge < -0.3 is 5.11 Å². The fraction of sp³-hybridized carbons (Fsp3) is 0. The van der Waals surface area contributed by atoms with Crippen LogP contribution in [0.3, 0.4) is 0 Å². The summed E-state index contributed by atoms with van der Waals surface area (Å²) < 4.78 is 1.34. The van der Waals surface area contributed by atoms with Gasteiger partial charge in [0.05, 0.1) is 5.38 Å². The third-order valence-corrected chi connectivity index (χ3v) is 2.08. The molecule has 0 unspecified atom stereocenters. The molecule has 2 rings (SSSR count). The number of nitrogens with one attached hydrogen (secondary N) is 1. The average molecular weight is 156 g/mol. The minimum absolute atomic E-state index is 0.0714. The van der Waals surface area contributed by atoms with Crippen LogP contribution in [0.2, 0.25) is 0 Å². The Labute approximate surface area is 59.3 Å². The van der Waals surface area contributed by atoms with Gasteiger partial charge in [0.1, 0.15) is 4.83 Å². The lowest BCUT2D eigenvalue weighted by Crippen LogP contribution is -1.97. The van der Waals surface area contributed by atoms with Gasteiger partial charge in [0, 0.05) is 6.07 Å². The second-order valence-electron chi connectivity index (χ2n) is 1.89. The van der Waals surface area contributed by atoms with Crippen molar-refractivity contribution in [3.05, 3.63) is 21.8 Å². The molecule has 0 aliphatic rings. The number of rotatable bonds is 0. The van der Waals surface area contributed by atoms with Crippen molar-refractivity contribution < 1.29 is 5.11 Å². The monoisotopic (exact) mass is 156 g/mol. The van der Waals surface area contributed by atoms with E-state index in [-0.39, 0.29) is 11.4 Å². The summed E-state index contributed by atoms with van der Waals surface area (Å²) in [6.45, 7) is 0. The first kappa shape index (κ1) is 5.55. The molecule has 0 amide bonds. The first-order valence-electron chi connectivity index (χ1n) is 2.65. The number of aromatic hydroxyl groups is 1. The van der Waals surface area contributed by atoms with Crippen LogP contribution in [0.25, 0.3) is 4.83 Å². The Balaban J connectivity index is 3.03. The number of hydrogen-bond acceptors (Lipinski definition) is 3. The van der Waals surface area contributed by atoms with E-state index in [4.69, 9.17) is 5.11 Å². The Morgan fingerprint density at radius 2 is 2.50 bits per heavy atom. The summed E-state index contributed by atoms with van der Waals surface area (Å²) in [5, 5.41) is 13.0. The number of H-pyrrole nitrogens is 1. The molecule has 2 aromatic rings. The Kier molecular flexibility index (Phi) is 0.906. The van der Waals surface area contributed by atoms with E-state index in [0.717, 1.165) is 4.83 Å². The first-order valence-corrected chi connectivity index (χ1v) is 3.53. The van der Waals surface area contributed by atoms with Gasteiger partial charge in [-0.3, -0.25) is 9.89 Å². The molecule has 10 heavy (non-hydrogen) atoms. The van der Waals surface area contributed by atoms with Gasteiger partial charge in [-0.1, -0.05) is 0 Å². The second kappa shape index (κ2) is 1.63. The predicted octanol–water partition coefficient (Wildman–Crippen LogP) is 0.395. The van der Waals surface area contributed by atoms with Crippen LogP contribution >= 0.6 is 11.3 Å². The third kappa shape index (κ3) is 0.577. The molecule has 52 valence electrons. The summed E-state index contributed by atoms with van der Waals surface area (Å²) in [5.74, 6) is 0.0714. The highest BCUT2D eigenvalue weighted by Crippen LogP contribution is 2.17. The predicted molar refractivity (Wildman–Crippen MR) is 37.6 cm³/mol. The third-order valence-electron chi connectivity index (χ3n) is 1.21. The molecule has 0 fully saturated rings. The van der Waals surface area contributed by atoms with Crippen molar-refractivity contribution in [2.24, 2.45) is 0 Å². The maximum atomic E-state index is 10.6.